The Hall–Kier alpha value is -2.11. The lowest BCUT2D eigenvalue weighted by Crippen LogP contribution is -2.38. The summed E-state index contributed by atoms with van der Waals surface area (Å²) in [7, 11) is 1.94. The molecule has 0 radical (unpaired) electrons. The third-order valence-electron chi connectivity index (χ3n) is 4.90. The van der Waals surface area contributed by atoms with Crippen molar-refractivity contribution in [2.45, 2.75) is 32.1 Å². The Morgan fingerprint density at radius 2 is 2.00 bits per heavy atom. The molecule has 1 aromatic rings. The molecule has 2 fully saturated rings. The van der Waals surface area contributed by atoms with Crippen LogP contribution < -0.4 is 4.90 Å². The van der Waals surface area contributed by atoms with Crippen molar-refractivity contribution in [3.05, 3.63) is 23.9 Å². The summed E-state index contributed by atoms with van der Waals surface area (Å²) in [5.41, 5.74) is 0.662. The van der Waals surface area contributed by atoms with Crippen molar-refractivity contribution < 1.29 is 9.59 Å². The molecule has 2 aliphatic heterocycles. The molecule has 0 aromatic carbocycles. The van der Waals surface area contributed by atoms with Crippen LogP contribution in [0, 0.1) is 0 Å². The highest BCUT2D eigenvalue weighted by molar-refractivity contribution is 5.98. The SMILES string of the molecule is CN(CCN1CCCC1=O)c1ncccc1C(=O)N1CCCCC1. The zero-order valence-corrected chi connectivity index (χ0v) is 14.4. The molecule has 2 saturated heterocycles. The Morgan fingerprint density at radius 1 is 1.21 bits per heavy atom. The van der Waals surface area contributed by atoms with Gasteiger partial charge in [0.05, 0.1) is 5.56 Å². The van der Waals surface area contributed by atoms with Crippen molar-refractivity contribution in [3.63, 3.8) is 0 Å². The molecule has 24 heavy (non-hydrogen) atoms. The summed E-state index contributed by atoms with van der Waals surface area (Å²) in [6.07, 6.45) is 6.69. The van der Waals surface area contributed by atoms with Crippen LogP contribution in [0.5, 0.6) is 0 Å². The van der Waals surface area contributed by atoms with Crippen molar-refractivity contribution in [2.24, 2.45) is 0 Å². The molecule has 0 saturated carbocycles. The predicted molar refractivity (Wildman–Crippen MR) is 93.1 cm³/mol. The highest BCUT2D eigenvalue weighted by atomic mass is 16.2. The summed E-state index contributed by atoms with van der Waals surface area (Å²) in [6.45, 7) is 3.87. The van der Waals surface area contributed by atoms with Crippen LogP contribution >= 0.6 is 0 Å². The first-order valence-corrected chi connectivity index (χ1v) is 8.90. The Bertz CT molecular complexity index is 598. The second kappa shape index (κ2) is 7.64. The molecule has 0 unspecified atom stereocenters. The Balaban J connectivity index is 1.68. The van der Waals surface area contributed by atoms with Crippen LogP contribution in [0.25, 0.3) is 0 Å². The van der Waals surface area contributed by atoms with Gasteiger partial charge in [0, 0.05) is 52.4 Å². The van der Waals surface area contributed by atoms with E-state index in [9.17, 15) is 9.59 Å². The first-order valence-electron chi connectivity index (χ1n) is 8.90. The van der Waals surface area contributed by atoms with Gasteiger partial charge in [-0.25, -0.2) is 4.98 Å². The maximum atomic E-state index is 12.8. The topological polar surface area (TPSA) is 56.8 Å². The summed E-state index contributed by atoms with van der Waals surface area (Å²) in [6, 6.07) is 3.68. The van der Waals surface area contributed by atoms with Crippen LogP contribution in [-0.4, -0.2) is 66.4 Å². The normalized spacial score (nSPS) is 18.1. The lowest BCUT2D eigenvalue weighted by Gasteiger charge is -2.29. The zero-order chi connectivity index (χ0) is 16.9. The maximum Gasteiger partial charge on any atom is 0.257 e. The lowest BCUT2D eigenvalue weighted by atomic mass is 10.1. The average molecular weight is 330 g/mol. The van der Waals surface area contributed by atoms with Gasteiger partial charge in [0.1, 0.15) is 5.82 Å². The van der Waals surface area contributed by atoms with Crippen molar-refractivity contribution in [2.75, 3.05) is 44.7 Å². The van der Waals surface area contributed by atoms with Gasteiger partial charge in [0.2, 0.25) is 5.91 Å². The van der Waals surface area contributed by atoms with E-state index >= 15 is 0 Å². The number of carbonyl (C=O) groups is 2. The fraction of sp³-hybridized carbons (Fsp3) is 0.611. The van der Waals surface area contributed by atoms with Crippen molar-refractivity contribution >= 4 is 17.6 Å². The van der Waals surface area contributed by atoms with Crippen LogP contribution in [-0.2, 0) is 4.79 Å². The minimum Gasteiger partial charge on any atom is -0.357 e. The number of anilines is 1. The molecule has 0 atom stereocenters. The van der Waals surface area contributed by atoms with Crippen LogP contribution in [0.1, 0.15) is 42.5 Å². The molecule has 130 valence electrons. The first kappa shape index (κ1) is 16.7. The number of hydrogen-bond acceptors (Lipinski definition) is 4. The number of piperidine rings is 1. The number of likely N-dealkylation sites (tertiary alicyclic amines) is 2. The molecule has 0 spiro atoms. The maximum absolute atomic E-state index is 12.8. The number of aromatic nitrogens is 1. The molecule has 2 amide bonds. The van der Waals surface area contributed by atoms with E-state index in [2.05, 4.69) is 4.98 Å². The molecule has 0 N–H and O–H groups in total. The molecule has 3 rings (SSSR count). The first-order chi connectivity index (χ1) is 11.7. The van der Waals surface area contributed by atoms with Gasteiger partial charge in [0.15, 0.2) is 0 Å². The molecular weight excluding hydrogens is 304 g/mol. The number of amides is 2. The van der Waals surface area contributed by atoms with E-state index in [-0.39, 0.29) is 11.8 Å². The molecule has 3 heterocycles. The van der Waals surface area contributed by atoms with Crippen LogP contribution in [0.2, 0.25) is 0 Å². The molecule has 6 heteroatoms. The second-order valence-electron chi connectivity index (χ2n) is 6.63. The van der Waals surface area contributed by atoms with Crippen LogP contribution in [0.3, 0.4) is 0 Å². The predicted octanol–water partition coefficient (Wildman–Crippen LogP) is 1.77. The summed E-state index contributed by atoms with van der Waals surface area (Å²) in [5, 5.41) is 0. The van der Waals surface area contributed by atoms with Crippen molar-refractivity contribution in [3.8, 4) is 0 Å². The zero-order valence-electron chi connectivity index (χ0n) is 14.4. The summed E-state index contributed by atoms with van der Waals surface area (Å²) in [4.78, 5) is 34.8. The van der Waals surface area contributed by atoms with Gasteiger partial charge in [-0.2, -0.15) is 0 Å². The van der Waals surface area contributed by atoms with E-state index in [4.69, 9.17) is 0 Å². The van der Waals surface area contributed by atoms with Crippen molar-refractivity contribution in [1.82, 2.24) is 14.8 Å². The van der Waals surface area contributed by atoms with E-state index < -0.39 is 0 Å². The molecular formula is C18H26N4O2. The average Bonchev–Trinajstić information content (AvgIpc) is 3.05. The molecule has 1 aromatic heterocycles. The highest BCUT2D eigenvalue weighted by Crippen LogP contribution is 2.20. The Morgan fingerprint density at radius 3 is 2.71 bits per heavy atom. The van der Waals surface area contributed by atoms with E-state index in [1.165, 1.54) is 6.42 Å². The molecule has 0 aliphatic carbocycles. The fourth-order valence-electron chi connectivity index (χ4n) is 3.45. The van der Waals surface area contributed by atoms with E-state index in [0.717, 1.165) is 38.9 Å². The van der Waals surface area contributed by atoms with Crippen molar-refractivity contribution in [1.29, 1.82) is 0 Å². The summed E-state index contributed by atoms with van der Waals surface area (Å²) >= 11 is 0. The number of likely N-dealkylation sites (N-methyl/N-ethyl adjacent to an activating group) is 1. The Kier molecular flexibility index (Phi) is 5.33. The van der Waals surface area contributed by atoms with Gasteiger partial charge in [0.25, 0.3) is 5.91 Å². The van der Waals surface area contributed by atoms with Gasteiger partial charge in [-0.05, 0) is 37.8 Å². The van der Waals surface area contributed by atoms with Crippen LogP contribution in [0.4, 0.5) is 5.82 Å². The second-order valence-corrected chi connectivity index (χ2v) is 6.63. The van der Waals surface area contributed by atoms with Gasteiger partial charge < -0.3 is 14.7 Å². The van der Waals surface area contributed by atoms with E-state index in [1.54, 1.807) is 6.20 Å². The van der Waals surface area contributed by atoms with Gasteiger partial charge in [-0.3, -0.25) is 9.59 Å². The number of nitrogens with zero attached hydrogens (tertiary/aromatic N) is 4. The monoisotopic (exact) mass is 330 g/mol. The third kappa shape index (κ3) is 3.68. The summed E-state index contributed by atoms with van der Waals surface area (Å²) in [5.74, 6) is 1.01. The fourth-order valence-corrected chi connectivity index (χ4v) is 3.45. The number of pyridine rings is 1. The minimum atomic E-state index is 0.0712. The van der Waals surface area contributed by atoms with Gasteiger partial charge in [-0.15, -0.1) is 0 Å². The number of carbonyl (C=O) groups excluding carboxylic acids is 2. The van der Waals surface area contributed by atoms with E-state index in [0.29, 0.717) is 30.9 Å². The highest BCUT2D eigenvalue weighted by Gasteiger charge is 2.24. The van der Waals surface area contributed by atoms with Gasteiger partial charge >= 0.3 is 0 Å². The van der Waals surface area contributed by atoms with Crippen LogP contribution in [0.15, 0.2) is 18.3 Å². The smallest absolute Gasteiger partial charge is 0.257 e. The standard InChI is InChI=1S/C18H26N4O2/c1-20(13-14-21-12-6-8-16(21)23)17-15(7-5-9-19-17)18(24)22-10-3-2-4-11-22/h5,7,9H,2-4,6,8,10-14H2,1H3. The van der Waals surface area contributed by atoms with Gasteiger partial charge in [-0.1, -0.05) is 0 Å². The largest absolute Gasteiger partial charge is 0.357 e. The third-order valence-corrected chi connectivity index (χ3v) is 4.90. The Labute approximate surface area is 143 Å². The summed E-state index contributed by atoms with van der Waals surface area (Å²) < 4.78 is 0. The molecule has 6 nitrogen and oxygen atoms in total. The number of hydrogen-bond donors (Lipinski definition) is 0. The van der Waals surface area contributed by atoms with E-state index in [1.807, 2.05) is 33.9 Å². The minimum absolute atomic E-state index is 0.0712. The lowest BCUT2D eigenvalue weighted by molar-refractivity contribution is -0.127. The quantitative estimate of drug-likeness (QED) is 0.825. The number of rotatable bonds is 5. The molecule has 2 aliphatic rings. The molecule has 0 bridgehead atoms.